The second kappa shape index (κ2) is 4.74. The maximum absolute atomic E-state index is 12.1. The number of carbonyl (C=O) groups is 1. The van der Waals surface area contributed by atoms with Crippen LogP contribution < -0.4 is 4.74 Å². The highest BCUT2D eigenvalue weighted by atomic mass is 16.5. The first-order chi connectivity index (χ1) is 10.3. The zero-order valence-corrected chi connectivity index (χ0v) is 11.5. The number of ether oxygens (including phenoxy) is 1. The predicted molar refractivity (Wildman–Crippen MR) is 82.5 cm³/mol. The number of esters is 1. The fourth-order valence-electron chi connectivity index (χ4n) is 3.05. The van der Waals surface area contributed by atoms with Crippen LogP contribution in [0, 0.1) is 0 Å². The first-order valence-electron chi connectivity index (χ1n) is 7.10. The van der Waals surface area contributed by atoms with E-state index < -0.39 is 0 Å². The number of rotatable bonds is 2. The normalized spacial score (nSPS) is 16.8. The molecule has 0 saturated heterocycles. The number of carbonyl (C=O) groups excluding carboxylic acids is 1. The van der Waals surface area contributed by atoms with E-state index in [1.807, 2.05) is 42.5 Å². The molecule has 1 aliphatic heterocycles. The van der Waals surface area contributed by atoms with Gasteiger partial charge >= 0.3 is 5.97 Å². The molecule has 0 saturated carbocycles. The number of fused-ring (bicyclic) bond motifs is 2. The van der Waals surface area contributed by atoms with Crippen molar-refractivity contribution >= 4 is 16.7 Å². The van der Waals surface area contributed by atoms with Crippen molar-refractivity contribution in [2.75, 3.05) is 0 Å². The monoisotopic (exact) mass is 274 g/mol. The highest BCUT2D eigenvalue weighted by Crippen LogP contribution is 2.37. The average molecular weight is 274 g/mol. The molecular formula is C19H14O2. The van der Waals surface area contributed by atoms with E-state index in [2.05, 4.69) is 24.3 Å². The van der Waals surface area contributed by atoms with E-state index in [0.29, 0.717) is 12.2 Å². The number of benzene rings is 3. The molecule has 21 heavy (non-hydrogen) atoms. The molecule has 2 nitrogen and oxygen atoms in total. The predicted octanol–water partition coefficient (Wildman–Crippen LogP) is 4.09. The molecule has 0 spiro atoms. The Kier molecular flexibility index (Phi) is 2.74. The maximum Gasteiger partial charge on any atom is 0.319 e. The van der Waals surface area contributed by atoms with Crippen LogP contribution in [0.25, 0.3) is 10.8 Å². The smallest absolute Gasteiger partial charge is 0.319 e. The van der Waals surface area contributed by atoms with Gasteiger partial charge in [0.25, 0.3) is 0 Å². The second-order valence-electron chi connectivity index (χ2n) is 5.35. The summed E-state index contributed by atoms with van der Waals surface area (Å²) in [5.41, 5.74) is 2.18. The summed E-state index contributed by atoms with van der Waals surface area (Å²) in [5.74, 6) is 0.351. The van der Waals surface area contributed by atoms with Gasteiger partial charge in [-0.2, -0.15) is 0 Å². The van der Waals surface area contributed by atoms with E-state index >= 15 is 0 Å². The third-order valence-corrected chi connectivity index (χ3v) is 4.09. The molecule has 3 aromatic rings. The maximum atomic E-state index is 12.1. The van der Waals surface area contributed by atoms with E-state index in [1.54, 1.807) is 0 Å². The first kappa shape index (κ1) is 12.2. The van der Waals surface area contributed by atoms with Crippen LogP contribution in [-0.4, -0.2) is 5.97 Å². The molecule has 0 amide bonds. The van der Waals surface area contributed by atoms with E-state index in [4.69, 9.17) is 4.74 Å². The van der Waals surface area contributed by atoms with Gasteiger partial charge < -0.3 is 4.74 Å². The van der Waals surface area contributed by atoms with Crippen molar-refractivity contribution in [2.24, 2.45) is 0 Å². The van der Waals surface area contributed by atoms with Crippen LogP contribution in [0.5, 0.6) is 5.75 Å². The van der Waals surface area contributed by atoms with Crippen LogP contribution in [-0.2, 0) is 11.2 Å². The molecule has 0 aliphatic carbocycles. The average Bonchev–Trinajstić information content (AvgIpc) is 2.84. The Morgan fingerprint density at radius 1 is 0.857 bits per heavy atom. The third-order valence-electron chi connectivity index (χ3n) is 4.09. The summed E-state index contributed by atoms with van der Waals surface area (Å²) in [6.45, 7) is 0. The lowest BCUT2D eigenvalue weighted by atomic mass is 9.91. The third kappa shape index (κ3) is 2.00. The van der Waals surface area contributed by atoms with Crippen molar-refractivity contribution in [2.45, 2.75) is 12.3 Å². The van der Waals surface area contributed by atoms with Crippen LogP contribution in [0.1, 0.15) is 17.0 Å². The Labute approximate surface area is 123 Å². The van der Waals surface area contributed by atoms with E-state index in [0.717, 1.165) is 5.56 Å². The molecule has 2 heteroatoms. The van der Waals surface area contributed by atoms with Crippen molar-refractivity contribution in [3.8, 4) is 5.75 Å². The van der Waals surface area contributed by atoms with Gasteiger partial charge in [-0.15, -0.1) is 0 Å². The largest absolute Gasteiger partial charge is 0.426 e. The quantitative estimate of drug-likeness (QED) is 0.520. The highest BCUT2D eigenvalue weighted by Gasteiger charge is 2.32. The van der Waals surface area contributed by atoms with Crippen molar-refractivity contribution in [3.63, 3.8) is 0 Å². The molecule has 0 fully saturated rings. The molecule has 0 radical (unpaired) electrons. The van der Waals surface area contributed by atoms with Crippen molar-refractivity contribution in [1.82, 2.24) is 0 Å². The Bertz CT molecular complexity index is 830. The summed E-state index contributed by atoms with van der Waals surface area (Å²) in [6.07, 6.45) is 0.678. The molecule has 1 unspecified atom stereocenters. The zero-order valence-electron chi connectivity index (χ0n) is 11.5. The molecular weight excluding hydrogens is 260 g/mol. The standard InChI is InChI=1S/C19H14O2/c20-19-17(16-10-3-4-11-18(16)21-19)12-14-8-5-7-13-6-1-2-9-15(13)14/h1-11,17H,12H2. The van der Waals surface area contributed by atoms with E-state index in [1.165, 1.54) is 16.3 Å². The van der Waals surface area contributed by atoms with Crippen molar-refractivity contribution in [1.29, 1.82) is 0 Å². The lowest BCUT2D eigenvalue weighted by molar-refractivity contribution is -0.134. The lowest BCUT2D eigenvalue weighted by Gasteiger charge is -2.10. The fourth-order valence-corrected chi connectivity index (χ4v) is 3.05. The molecule has 1 heterocycles. The summed E-state index contributed by atoms with van der Waals surface area (Å²) < 4.78 is 5.36. The second-order valence-corrected chi connectivity index (χ2v) is 5.35. The Hall–Kier alpha value is -2.61. The Balaban J connectivity index is 1.77. The topological polar surface area (TPSA) is 26.3 Å². The number of para-hydroxylation sites is 1. The summed E-state index contributed by atoms with van der Waals surface area (Å²) in [4.78, 5) is 12.1. The molecule has 0 N–H and O–H groups in total. The summed E-state index contributed by atoms with van der Waals surface area (Å²) in [6, 6.07) is 22.2. The molecule has 1 atom stereocenters. The summed E-state index contributed by atoms with van der Waals surface area (Å²) >= 11 is 0. The number of hydrogen-bond donors (Lipinski definition) is 0. The van der Waals surface area contributed by atoms with Crippen molar-refractivity contribution in [3.05, 3.63) is 77.9 Å². The fraction of sp³-hybridized carbons (Fsp3) is 0.105. The van der Waals surface area contributed by atoms with Crippen LogP contribution in [0.15, 0.2) is 66.7 Å². The summed E-state index contributed by atoms with van der Waals surface area (Å²) in [5, 5.41) is 2.41. The Morgan fingerprint density at radius 2 is 1.62 bits per heavy atom. The lowest BCUT2D eigenvalue weighted by Crippen LogP contribution is -2.12. The van der Waals surface area contributed by atoms with Gasteiger partial charge in [0.1, 0.15) is 5.75 Å². The van der Waals surface area contributed by atoms with Gasteiger partial charge in [-0.25, -0.2) is 0 Å². The SMILES string of the molecule is O=C1Oc2ccccc2C1Cc1cccc2ccccc12. The molecule has 3 aromatic carbocycles. The van der Waals surface area contributed by atoms with E-state index in [9.17, 15) is 4.79 Å². The molecule has 0 aromatic heterocycles. The van der Waals surface area contributed by atoms with Gasteiger partial charge in [0.05, 0.1) is 5.92 Å². The van der Waals surface area contributed by atoms with Gasteiger partial charge in [-0.1, -0.05) is 60.7 Å². The summed E-state index contributed by atoms with van der Waals surface area (Å²) in [7, 11) is 0. The van der Waals surface area contributed by atoms with Crippen LogP contribution >= 0.6 is 0 Å². The zero-order chi connectivity index (χ0) is 14.2. The molecule has 102 valence electrons. The van der Waals surface area contributed by atoms with Gasteiger partial charge in [-0.05, 0) is 28.8 Å². The minimum absolute atomic E-state index is 0.149. The molecule has 0 bridgehead atoms. The number of hydrogen-bond acceptors (Lipinski definition) is 2. The van der Waals surface area contributed by atoms with Crippen molar-refractivity contribution < 1.29 is 9.53 Å². The van der Waals surface area contributed by atoms with Crippen LogP contribution in [0.4, 0.5) is 0 Å². The van der Waals surface area contributed by atoms with Crippen LogP contribution in [0.3, 0.4) is 0 Å². The van der Waals surface area contributed by atoms with E-state index in [-0.39, 0.29) is 11.9 Å². The highest BCUT2D eigenvalue weighted by molar-refractivity contribution is 5.89. The molecule has 4 rings (SSSR count). The minimum Gasteiger partial charge on any atom is -0.426 e. The minimum atomic E-state index is -0.202. The first-order valence-corrected chi connectivity index (χ1v) is 7.10. The van der Waals surface area contributed by atoms with Gasteiger partial charge in [0.2, 0.25) is 0 Å². The van der Waals surface area contributed by atoms with Gasteiger partial charge in [0, 0.05) is 5.56 Å². The van der Waals surface area contributed by atoms with Gasteiger partial charge in [0.15, 0.2) is 0 Å². The molecule has 1 aliphatic rings. The Morgan fingerprint density at radius 3 is 2.57 bits per heavy atom. The van der Waals surface area contributed by atoms with Gasteiger partial charge in [-0.3, -0.25) is 4.79 Å². The van der Waals surface area contributed by atoms with Crippen LogP contribution in [0.2, 0.25) is 0 Å².